The van der Waals surface area contributed by atoms with Gasteiger partial charge in [0.15, 0.2) is 9.84 Å². The number of rotatable bonds is 2. The number of halogens is 1. The summed E-state index contributed by atoms with van der Waals surface area (Å²) in [5.74, 6) is 0.681. The van der Waals surface area contributed by atoms with Gasteiger partial charge in [-0.3, -0.25) is 4.79 Å². The highest BCUT2D eigenvalue weighted by molar-refractivity contribution is 7.91. The zero-order chi connectivity index (χ0) is 17.8. The predicted octanol–water partition coefficient (Wildman–Crippen LogP) is 2.68. The van der Waals surface area contributed by atoms with Gasteiger partial charge in [-0.15, -0.1) is 0 Å². The highest BCUT2D eigenvalue weighted by Crippen LogP contribution is 2.41. The molecule has 4 rings (SSSR count). The molecule has 2 atom stereocenters. The van der Waals surface area contributed by atoms with Crippen LogP contribution in [0.15, 0.2) is 24.3 Å². The predicted molar refractivity (Wildman–Crippen MR) is 95.8 cm³/mol. The summed E-state index contributed by atoms with van der Waals surface area (Å²) in [6, 6.07) is 7.24. The molecule has 3 heterocycles. The summed E-state index contributed by atoms with van der Waals surface area (Å²) in [6.45, 7) is 1.90. The Kier molecular flexibility index (Phi) is 3.88. The molecule has 1 aromatic carbocycles. The number of benzene rings is 1. The third-order valence-electron chi connectivity index (χ3n) is 4.95. The molecule has 1 aromatic heterocycles. The van der Waals surface area contributed by atoms with Crippen LogP contribution in [0.1, 0.15) is 41.6 Å². The van der Waals surface area contributed by atoms with Crippen LogP contribution in [0.4, 0.5) is 5.82 Å². The molecule has 1 N–H and O–H groups in total. The second-order valence-electron chi connectivity index (χ2n) is 6.71. The lowest BCUT2D eigenvalue weighted by Crippen LogP contribution is -2.26. The summed E-state index contributed by atoms with van der Waals surface area (Å²) in [6.07, 6.45) is 0.863. The quantitative estimate of drug-likeness (QED) is 0.869. The Morgan fingerprint density at radius 1 is 1.28 bits per heavy atom. The fourth-order valence-corrected chi connectivity index (χ4v) is 5.60. The maximum Gasteiger partial charge on any atom is 0.226 e. The Morgan fingerprint density at radius 3 is 2.64 bits per heavy atom. The monoisotopic (exact) mass is 379 g/mol. The van der Waals surface area contributed by atoms with Gasteiger partial charge in [-0.1, -0.05) is 23.7 Å². The largest absolute Gasteiger partial charge is 0.311 e. The number of aromatic nitrogens is 2. The van der Waals surface area contributed by atoms with Crippen LogP contribution < -0.4 is 5.32 Å². The van der Waals surface area contributed by atoms with E-state index in [1.807, 2.05) is 31.2 Å². The summed E-state index contributed by atoms with van der Waals surface area (Å²) >= 11 is 5.98. The first-order chi connectivity index (χ1) is 11.8. The highest BCUT2D eigenvalue weighted by Gasteiger charge is 2.37. The van der Waals surface area contributed by atoms with Crippen molar-refractivity contribution in [3.05, 3.63) is 46.1 Å². The molecule has 2 aliphatic heterocycles. The van der Waals surface area contributed by atoms with Crippen LogP contribution in [-0.2, 0) is 14.6 Å². The van der Waals surface area contributed by atoms with Gasteiger partial charge >= 0.3 is 0 Å². The number of carbonyl (C=O) groups is 1. The van der Waals surface area contributed by atoms with E-state index in [0.717, 1.165) is 16.8 Å². The van der Waals surface area contributed by atoms with Gasteiger partial charge in [0.05, 0.1) is 23.2 Å². The molecular weight excluding hydrogens is 362 g/mol. The van der Waals surface area contributed by atoms with Crippen molar-refractivity contribution in [1.29, 1.82) is 0 Å². The van der Waals surface area contributed by atoms with Crippen molar-refractivity contribution < 1.29 is 13.2 Å². The van der Waals surface area contributed by atoms with Crippen molar-refractivity contribution in [2.24, 2.45) is 0 Å². The third-order valence-corrected chi connectivity index (χ3v) is 6.96. The van der Waals surface area contributed by atoms with Crippen LogP contribution in [0.3, 0.4) is 0 Å². The van der Waals surface area contributed by atoms with Crippen LogP contribution >= 0.6 is 11.6 Å². The van der Waals surface area contributed by atoms with Crippen molar-refractivity contribution in [3.63, 3.8) is 0 Å². The summed E-state index contributed by atoms with van der Waals surface area (Å²) in [5.41, 5.74) is 2.78. The first-order valence-electron chi connectivity index (χ1n) is 8.19. The number of sulfone groups is 1. The van der Waals surface area contributed by atoms with Crippen LogP contribution in [-0.4, -0.2) is 35.6 Å². The van der Waals surface area contributed by atoms with E-state index in [-0.39, 0.29) is 29.4 Å². The van der Waals surface area contributed by atoms with Crippen molar-refractivity contribution in [3.8, 4) is 0 Å². The van der Waals surface area contributed by atoms with Gasteiger partial charge in [0.25, 0.3) is 0 Å². The number of hydrogen-bond donors (Lipinski definition) is 1. The molecule has 8 heteroatoms. The smallest absolute Gasteiger partial charge is 0.226 e. The van der Waals surface area contributed by atoms with E-state index < -0.39 is 9.84 Å². The zero-order valence-electron chi connectivity index (χ0n) is 13.7. The molecule has 1 fully saturated rings. The molecule has 0 saturated carbocycles. The Morgan fingerprint density at radius 2 is 2.00 bits per heavy atom. The molecule has 0 aliphatic carbocycles. The lowest BCUT2D eigenvalue weighted by molar-refractivity contribution is -0.116. The maximum atomic E-state index is 12.3. The molecular formula is C17H18ClN3O3S. The average molecular weight is 380 g/mol. The molecule has 0 spiro atoms. The number of amides is 1. The Labute approximate surface area is 151 Å². The van der Waals surface area contributed by atoms with Crippen LogP contribution in [0.2, 0.25) is 5.02 Å². The molecule has 0 radical (unpaired) electrons. The first kappa shape index (κ1) is 16.6. The van der Waals surface area contributed by atoms with E-state index in [0.29, 0.717) is 23.7 Å². The average Bonchev–Trinajstić information content (AvgIpc) is 3.07. The fraction of sp³-hybridized carbons (Fsp3) is 0.412. The number of anilines is 1. The summed E-state index contributed by atoms with van der Waals surface area (Å²) in [4.78, 5) is 12.3. The van der Waals surface area contributed by atoms with Gasteiger partial charge in [0.2, 0.25) is 5.91 Å². The fourth-order valence-electron chi connectivity index (χ4n) is 3.78. The second kappa shape index (κ2) is 5.85. The molecule has 2 aromatic rings. The molecule has 1 amide bonds. The summed E-state index contributed by atoms with van der Waals surface area (Å²) in [7, 11) is -3.03. The maximum absolute atomic E-state index is 12.3. The Bertz CT molecular complexity index is 950. The van der Waals surface area contributed by atoms with Crippen LogP contribution in [0, 0.1) is 6.92 Å². The van der Waals surface area contributed by atoms with E-state index >= 15 is 0 Å². The van der Waals surface area contributed by atoms with Crippen LogP contribution in [0.5, 0.6) is 0 Å². The minimum Gasteiger partial charge on any atom is -0.311 e. The van der Waals surface area contributed by atoms with Crippen molar-refractivity contribution >= 4 is 33.2 Å². The van der Waals surface area contributed by atoms with Crippen molar-refractivity contribution in [2.75, 3.05) is 16.8 Å². The lowest BCUT2D eigenvalue weighted by Gasteiger charge is -2.25. The highest BCUT2D eigenvalue weighted by atomic mass is 35.5. The van der Waals surface area contributed by atoms with E-state index in [4.69, 9.17) is 11.6 Å². The molecule has 2 aliphatic rings. The first-order valence-corrected chi connectivity index (χ1v) is 10.4. The van der Waals surface area contributed by atoms with Gasteiger partial charge in [-0.25, -0.2) is 13.1 Å². The SMILES string of the molecule is Cc1nn([C@@H]2CCS(=O)(=O)C2)c2c1[C@@H](c1ccc(Cl)cc1)CC(=O)N2. The topological polar surface area (TPSA) is 81.1 Å². The number of aryl methyl sites for hydroxylation is 1. The van der Waals surface area contributed by atoms with Gasteiger partial charge in [0, 0.05) is 22.9 Å². The van der Waals surface area contributed by atoms with Gasteiger partial charge < -0.3 is 5.32 Å². The normalized spacial score (nSPS) is 24.8. The second-order valence-corrected chi connectivity index (χ2v) is 9.37. The molecule has 25 heavy (non-hydrogen) atoms. The van der Waals surface area contributed by atoms with Gasteiger partial charge in [-0.05, 0) is 31.0 Å². The Hall–Kier alpha value is -1.86. The minimum absolute atomic E-state index is 0.0715. The van der Waals surface area contributed by atoms with Crippen LogP contribution in [0.25, 0.3) is 0 Å². The lowest BCUT2D eigenvalue weighted by atomic mass is 9.86. The van der Waals surface area contributed by atoms with E-state index in [9.17, 15) is 13.2 Å². The molecule has 1 saturated heterocycles. The van der Waals surface area contributed by atoms with E-state index in [2.05, 4.69) is 10.4 Å². The summed E-state index contributed by atoms with van der Waals surface area (Å²) < 4.78 is 25.4. The molecule has 132 valence electrons. The number of hydrogen-bond acceptors (Lipinski definition) is 4. The van der Waals surface area contributed by atoms with E-state index in [1.54, 1.807) is 4.68 Å². The Balaban J connectivity index is 1.79. The number of nitrogens with one attached hydrogen (secondary N) is 1. The zero-order valence-corrected chi connectivity index (χ0v) is 15.3. The van der Waals surface area contributed by atoms with Gasteiger partial charge in [-0.2, -0.15) is 5.10 Å². The van der Waals surface area contributed by atoms with Crippen molar-refractivity contribution in [1.82, 2.24) is 9.78 Å². The standard InChI is InChI=1S/C17H18ClN3O3S/c1-10-16-14(11-2-4-12(18)5-3-11)8-15(22)19-17(16)21(20-10)13-6-7-25(23,24)9-13/h2-5,13-14H,6-9H2,1H3,(H,19,22)/t13-,14-/m1/s1. The molecule has 0 unspecified atom stereocenters. The van der Waals surface area contributed by atoms with E-state index in [1.165, 1.54) is 0 Å². The number of nitrogens with zero attached hydrogens (tertiary/aromatic N) is 2. The van der Waals surface area contributed by atoms with Crippen molar-refractivity contribution in [2.45, 2.75) is 31.7 Å². The molecule has 0 bridgehead atoms. The molecule has 6 nitrogen and oxygen atoms in total. The number of carbonyl (C=O) groups excluding carboxylic acids is 1. The number of fused-ring (bicyclic) bond motifs is 1. The third kappa shape index (κ3) is 2.95. The minimum atomic E-state index is -3.03. The van der Waals surface area contributed by atoms with Gasteiger partial charge in [0.1, 0.15) is 5.82 Å². The summed E-state index contributed by atoms with van der Waals surface area (Å²) in [5, 5.41) is 8.13.